The monoisotopic (exact) mass is 494 g/mol. The van der Waals surface area contributed by atoms with Crippen LogP contribution in [0.25, 0.3) is 0 Å². The van der Waals surface area contributed by atoms with Gasteiger partial charge in [0.05, 0.1) is 22.2 Å². The molecule has 2 aromatic carbocycles. The third-order valence-corrected chi connectivity index (χ3v) is 7.86. The molecule has 4 rings (SSSR count). The SMILES string of the molecule is Cc1nc(CSc2ccccc2C(=O)NCc2cccc(CN3CCCC(C(N)=O)C3)c2)cs1. The van der Waals surface area contributed by atoms with E-state index in [1.165, 1.54) is 5.56 Å². The number of thiazole rings is 1. The number of primary amides is 1. The van der Waals surface area contributed by atoms with E-state index in [9.17, 15) is 9.59 Å². The van der Waals surface area contributed by atoms with Crippen molar-refractivity contribution in [3.63, 3.8) is 0 Å². The molecular weight excluding hydrogens is 464 g/mol. The Morgan fingerprint density at radius 1 is 1.21 bits per heavy atom. The second-order valence-corrected chi connectivity index (χ2v) is 10.7. The van der Waals surface area contributed by atoms with E-state index in [0.29, 0.717) is 18.7 Å². The highest BCUT2D eigenvalue weighted by Gasteiger charge is 2.23. The van der Waals surface area contributed by atoms with Crippen molar-refractivity contribution in [2.24, 2.45) is 11.7 Å². The van der Waals surface area contributed by atoms with Crippen LogP contribution in [-0.4, -0.2) is 34.8 Å². The predicted octanol–water partition coefficient (Wildman–Crippen LogP) is 4.37. The Bertz CT molecular complexity index is 1150. The molecule has 3 aromatic rings. The highest BCUT2D eigenvalue weighted by atomic mass is 32.2. The number of nitrogens with two attached hydrogens (primary N) is 1. The summed E-state index contributed by atoms with van der Waals surface area (Å²) in [6, 6.07) is 16.0. The summed E-state index contributed by atoms with van der Waals surface area (Å²) in [4.78, 5) is 32.3. The van der Waals surface area contributed by atoms with E-state index < -0.39 is 0 Å². The maximum Gasteiger partial charge on any atom is 0.252 e. The number of hydrogen-bond donors (Lipinski definition) is 2. The molecule has 0 spiro atoms. The standard InChI is InChI=1S/C26H30N4O2S2/c1-18-29-22(16-33-18)17-34-24-10-3-2-9-23(24)26(32)28-13-19-6-4-7-20(12-19)14-30-11-5-8-21(15-30)25(27)31/h2-4,6-7,9-10,12,16,21H,5,8,11,13-15,17H2,1H3,(H2,27,31)(H,28,32). The number of carbonyl (C=O) groups excluding carboxylic acids is 2. The zero-order valence-electron chi connectivity index (χ0n) is 19.3. The van der Waals surface area contributed by atoms with Gasteiger partial charge in [0.1, 0.15) is 0 Å². The first-order valence-electron chi connectivity index (χ1n) is 11.5. The number of benzene rings is 2. The van der Waals surface area contributed by atoms with Gasteiger partial charge in [0.2, 0.25) is 5.91 Å². The fraction of sp³-hybridized carbons (Fsp3) is 0.346. The molecule has 6 nitrogen and oxygen atoms in total. The van der Waals surface area contributed by atoms with Crippen molar-refractivity contribution in [2.45, 2.75) is 43.5 Å². The third kappa shape index (κ3) is 6.68. The summed E-state index contributed by atoms with van der Waals surface area (Å²) in [5, 5.41) is 6.19. The van der Waals surface area contributed by atoms with E-state index in [4.69, 9.17) is 5.73 Å². The van der Waals surface area contributed by atoms with Crippen LogP contribution in [-0.2, 0) is 23.6 Å². The van der Waals surface area contributed by atoms with Crippen molar-refractivity contribution >= 4 is 34.9 Å². The molecule has 0 aliphatic carbocycles. The quantitative estimate of drug-likeness (QED) is 0.431. The summed E-state index contributed by atoms with van der Waals surface area (Å²) in [6.45, 7) is 4.92. The van der Waals surface area contributed by atoms with Gasteiger partial charge in [-0.25, -0.2) is 4.98 Å². The molecule has 1 atom stereocenters. The fourth-order valence-electron chi connectivity index (χ4n) is 4.21. The number of piperidine rings is 1. The third-order valence-electron chi connectivity index (χ3n) is 5.93. The maximum atomic E-state index is 13.0. The molecule has 1 aliphatic heterocycles. The smallest absolute Gasteiger partial charge is 0.252 e. The molecular formula is C26H30N4O2S2. The largest absolute Gasteiger partial charge is 0.369 e. The van der Waals surface area contributed by atoms with Crippen molar-refractivity contribution in [1.29, 1.82) is 0 Å². The maximum absolute atomic E-state index is 13.0. The van der Waals surface area contributed by atoms with Crippen LogP contribution < -0.4 is 11.1 Å². The molecule has 178 valence electrons. The van der Waals surface area contributed by atoms with Crippen molar-refractivity contribution in [3.05, 3.63) is 81.3 Å². The summed E-state index contributed by atoms with van der Waals surface area (Å²) < 4.78 is 0. The minimum absolute atomic E-state index is 0.0614. The Hall–Kier alpha value is -2.68. The van der Waals surface area contributed by atoms with E-state index in [0.717, 1.165) is 52.8 Å². The Morgan fingerprint density at radius 3 is 2.82 bits per heavy atom. The van der Waals surface area contributed by atoms with Gasteiger partial charge in [-0.1, -0.05) is 36.4 Å². The molecule has 1 aromatic heterocycles. The number of hydrogen-bond acceptors (Lipinski definition) is 6. The van der Waals surface area contributed by atoms with E-state index in [1.54, 1.807) is 23.1 Å². The van der Waals surface area contributed by atoms with Crippen LogP contribution in [0.4, 0.5) is 0 Å². The van der Waals surface area contributed by atoms with Crippen molar-refractivity contribution in [2.75, 3.05) is 13.1 Å². The molecule has 3 N–H and O–H groups in total. The van der Waals surface area contributed by atoms with E-state index in [-0.39, 0.29) is 17.7 Å². The molecule has 34 heavy (non-hydrogen) atoms. The second kappa shape index (κ2) is 11.6. The summed E-state index contributed by atoms with van der Waals surface area (Å²) in [5.41, 5.74) is 9.46. The molecule has 8 heteroatoms. The van der Waals surface area contributed by atoms with Crippen LogP contribution in [0.1, 0.15) is 45.0 Å². The Balaban J connectivity index is 1.34. The summed E-state index contributed by atoms with van der Waals surface area (Å²) in [5.74, 6) is 0.391. The fourth-order valence-corrected chi connectivity index (χ4v) is 5.87. The molecule has 1 unspecified atom stereocenters. The first-order chi connectivity index (χ1) is 16.5. The number of likely N-dealkylation sites (tertiary alicyclic amines) is 1. The lowest BCUT2D eigenvalue weighted by atomic mass is 9.97. The van der Waals surface area contributed by atoms with E-state index >= 15 is 0 Å². The van der Waals surface area contributed by atoms with Crippen LogP contribution in [0.5, 0.6) is 0 Å². The molecule has 2 amide bonds. The van der Waals surface area contributed by atoms with Gasteiger partial charge in [-0.2, -0.15) is 0 Å². The molecule has 0 saturated carbocycles. The van der Waals surface area contributed by atoms with E-state index in [2.05, 4.69) is 32.7 Å². The number of aromatic nitrogens is 1. The van der Waals surface area contributed by atoms with Crippen molar-refractivity contribution in [3.8, 4) is 0 Å². The second-order valence-electron chi connectivity index (χ2n) is 8.62. The summed E-state index contributed by atoms with van der Waals surface area (Å²) in [6.07, 6.45) is 1.87. The lowest BCUT2D eigenvalue weighted by Gasteiger charge is -2.31. The zero-order chi connectivity index (χ0) is 23.9. The van der Waals surface area contributed by atoms with Crippen LogP contribution in [0.2, 0.25) is 0 Å². The Kier molecular flexibility index (Phi) is 8.37. The predicted molar refractivity (Wildman–Crippen MR) is 138 cm³/mol. The Labute approximate surface area is 209 Å². The van der Waals surface area contributed by atoms with Gasteiger partial charge in [0, 0.05) is 35.7 Å². The van der Waals surface area contributed by atoms with Gasteiger partial charge in [-0.05, 0) is 49.6 Å². The van der Waals surface area contributed by atoms with Gasteiger partial charge in [0.15, 0.2) is 0 Å². The van der Waals surface area contributed by atoms with Gasteiger partial charge in [-0.3, -0.25) is 14.5 Å². The normalized spacial score (nSPS) is 16.3. The minimum Gasteiger partial charge on any atom is -0.369 e. The first-order valence-corrected chi connectivity index (χ1v) is 13.3. The molecule has 1 aliphatic rings. The molecule has 1 fully saturated rings. The number of nitrogens with one attached hydrogen (secondary N) is 1. The number of nitrogens with zero attached hydrogens (tertiary/aromatic N) is 2. The van der Waals surface area contributed by atoms with Gasteiger partial charge >= 0.3 is 0 Å². The first kappa shape index (κ1) is 24.4. The number of amides is 2. The molecule has 2 heterocycles. The molecule has 1 saturated heterocycles. The lowest BCUT2D eigenvalue weighted by molar-refractivity contribution is -0.123. The van der Waals surface area contributed by atoms with Crippen LogP contribution >= 0.6 is 23.1 Å². The van der Waals surface area contributed by atoms with Crippen molar-refractivity contribution in [1.82, 2.24) is 15.2 Å². The summed E-state index contributed by atoms with van der Waals surface area (Å²) >= 11 is 3.27. The average Bonchev–Trinajstić information content (AvgIpc) is 3.27. The van der Waals surface area contributed by atoms with Gasteiger partial charge < -0.3 is 11.1 Å². The number of thioether (sulfide) groups is 1. The van der Waals surface area contributed by atoms with E-state index in [1.807, 2.05) is 43.3 Å². The van der Waals surface area contributed by atoms with Gasteiger partial charge in [-0.15, -0.1) is 23.1 Å². The lowest BCUT2D eigenvalue weighted by Crippen LogP contribution is -2.40. The number of aryl methyl sites for hydroxylation is 1. The van der Waals surface area contributed by atoms with Crippen LogP contribution in [0.3, 0.4) is 0 Å². The van der Waals surface area contributed by atoms with Crippen LogP contribution in [0.15, 0.2) is 58.8 Å². The average molecular weight is 495 g/mol. The van der Waals surface area contributed by atoms with Crippen molar-refractivity contribution < 1.29 is 9.59 Å². The topological polar surface area (TPSA) is 88.3 Å². The zero-order valence-corrected chi connectivity index (χ0v) is 21.0. The highest BCUT2D eigenvalue weighted by Crippen LogP contribution is 2.27. The highest BCUT2D eigenvalue weighted by molar-refractivity contribution is 7.98. The number of carbonyl (C=O) groups is 2. The summed E-state index contributed by atoms with van der Waals surface area (Å²) in [7, 11) is 0. The van der Waals surface area contributed by atoms with Crippen LogP contribution in [0, 0.1) is 12.8 Å². The molecule has 0 radical (unpaired) electrons. The van der Waals surface area contributed by atoms with Gasteiger partial charge in [0.25, 0.3) is 5.91 Å². The number of rotatable bonds is 9. The minimum atomic E-state index is -0.207. The molecule has 0 bridgehead atoms. The Morgan fingerprint density at radius 2 is 2.03 bits per heavy atom.